The van der Waals surface area contributed by atoms with Crippen LogP contribution in [0.15, 0.2) is 18.5 Å². The van der Waals surface area contributed by atoms with Gasteiger partial charge in [-0.1, -0.05) is 0 Å². The van der Waals surface area contributed by atoms with Crippen LogP contribution in [-0.4, -0.2) is 21.8 Å². The van der Waals surface area contributed by atoms with E-state index in [-0.39, 0.29) is 0 Å². The SMILES string of the molecule is OCC(O)c1cnccc1C(F)(F)F. The Morgan fingerprint density at radius 1 is 1.43 bits per heavy atom. The van der Waals surface area contributed by atoms with Crippen molar-refractivity contribution in [2.45, 2.75) is 12.3 Å². The smallest absolute Gasteiger partial charge is 0.393 e. The van der Waals surface area contributed by atoms with Crippen LogP contribution in [0, 0.1) is 0 Å². The van der Waals surface area contributed by atoms with E-state index >= 15 is 0 Å². The van der Waals surface area contributed by atoms with Crippen molar-refractivity contribution in [2.75, 3.05) is 6.61 Å². The van der Waals surface area contributed by atoms with Crippen LogP contribution in [0.5, 0.6) is 0 Å². The van der Waals surface area contributed by atoms with Crippen molar-refractivity contribution in [3.8, 4) is 0 Å². The number of pyridine rings is 1. The molecule has 0 aliphatic rings. The number of aliphatic hydroxyl groups excluding tert-OH is 2. The van der Waals surface area contributed by atoms with Gasteiger partial charge < -0.3 is 10.2 Å². The molecule has 0 aliphatic heterocycles. The second-order valence-corrected chi connectivity index (χ2v) is 2.66. The molecule has 2 N–H and O–H groups in total. The molecule has 1 heterocycles. The third kappa shape index (κ3) is 2.21. The van der Waals surface area contributed by atoms with Crippen molar-refractivity contribution in [2.24, 2.45) is 0 Å². The highest BCUT2D eigenvalue weighted by atomic mass is 19.4. The standard InChI is InChI=1S/C8H8F3NO2/c9-8(10,11)6-1-2-12-3-5(6)7(14)4-13/h1-3,7,13-14H,4H2. The van der Waals surface area contributed by atoms with E-state index in [1.807, 2.05) is 0 Å². The lowest BCUT2D eigenvalue weighted by molar-refractivity contribution is -0.139. The van der Waals surface area contributed by atoms with Crippen LogP contribution in [0.25, 0.3) is 0 Å². The molecule has 3 nitrogen and oxygen atoms in total. The van der Waals surface area contributed by atoms with Crippen LogP contribution in [0.4, 0.5) is 13.2 Å². The van der Waals surface area contributed by atoms with Gasteiger partial charge in [0.15, 0.2) is 0 Å². The van der Waals surface area contributed by atoms with Gasteiger partial charge in [0.05, 0.1) is 12.2 Å². The molecule has 0 bridgehead atoms. The molecule has 0 fully saturated rings. The first kappa shape index (κ1) is 10.9. The maximum absolute atomic E-state index is 12.3. The molecule has 0 aromatic carbocycles. The third-order valence-corrected chi connectivity index (χ3v) is 1.69. The molecular weight excluding hydrogens is 199 g/mol. The molecular formula is C8H8F3NO2. The fourth-order valence-electron chi connectivity index (χ4n) is 1.03. The first-order chi connectivity index (χ1) is 6.46. The molecule has 1 rings (SSSR count). The van der Waals surface area contributed by atoms with E-state index in [1.54, 1.807) is 0 Å². The van der Waals surface area contributed by atoms with Crippen LogP contribution >= 0.6 is 0 Å². The fraction of sp³-hybridized carbons (Fsp3) is 0.375. The summed E-state index contributed by atoms with van der Waals surface area (Å²) >= 11 is 0. The van der Waals surface area contributed by atoms with E-state index < -0.39 is 30.0 Å². The highest BCUT2D eigenvalue weighted by Crippen LogP contribution is 2.33. The maximum atomic E-state index is 12.3. The highest BCUT2D eigenvalue weighted by molar-refractivity contribution is 5.28. The number of rotatable bonds is 2. The molecule has 14 heavy (non-hydrogen) atoms. The molecule has 1 aromatic rings. The predicted octanol–water partition coefficient (Wildman–Crippen LogP) is 1.13. The summed E-state index contributed by atoms with van der Waals surface area (Å²) in [7, 11) is 0. The van der Waals surface area contributed by atoms with Gasteiger partial charge in [0.2, 0.25) is 0 Å². The Morgan fingerprint density at radius 2 is 2.07 bits per heavy atom. The summed E-state index contributed by atoms with van der Waals surface area (Å²) in [6.45, 7) is -0.769. The van der Waals surface area contributed by atoms with Gasteiger partial charge in [0, 0.05) is 18.0 Å². The minimum atomic E-state index is -4.55. The van der Waals surface area contributed by atoms with E-state index in [0.717, 1.165) is 18.5 Å². The largest absolute Gasteiger partial charge is 0.416 e. The normalized spacial score (nSPS) is 14.1. The van der Waals surface area contributed by atoms with Crippen molar-refractivity contribution in [3.63, 3.8) is 0 Å². The highest BCUT2D eigenvalue weighted by Gasteiger charge is 2.34. The monoisotopic (exact) mass is 207 g/mol. The molecule has 1 unspecified atom stereocenters. The molecule has 6 heteroatoms. The van der Waals surface area contributed by atoms with Crippen molar-refractivity contribution >= 4 is 0 Å². The van der Waals surface area contributed by atoms with E-state index in [9.17, 15) is 13.2 Å². The van der Waals surface area contributed by atoms with Gasteiger partial charge >= 0.3 is 6.18 Å². The van der Waals surface area contributed by atoms with Gasteiger partial charge in [-0.25, -0.2) is 0 Å². The quantitative estimate of drug-likeness (QED) is 0.764. The third-order valence-electron chi connectivity index (χ3n) is 1.69. The number of nitrogens with zero attached hydrogens (tertiary/aromatic N) is 1. The van der Waals surface area contributed by atoms with Gasteiger partial charge in [0.1, 0.15) is 6.10 Å². The number of alkyl halides is 3. The zero-order valence-electron chi connectivity index (χ0n) is 6.99. The molecule has 0 saturated heterocycles. The molecule has 0 radical (unpaired) electrons. The Labute approximate surface area is 77.8 Å². The second kappa shape index (κ2) is 3.93. The average Bonchev–Trinajstić information content (AvgIpc) is 2.15. The average molecular weight is 207 g/mol. The summed E-state index contributed by atoms with van der Waals surface area (Å²) in [5.74, 6) is 0. The summed E-state index contributed by atoms with van der Waals surface area (Å²) in [6, 6.07) is 0.758. The molecule has 0 spiro atoms. The molecule has 1 atom stereocenters. The Balaban J connectivity index is 3.16. The van der Waals surface area contributed by atoms with E-state index in [0.29, 0.717) is 0 Å². The summed E-state index contributed by atoms with van der Waals surface area (Å²) in [6.07, 6.45) is -4.23. The van der Waals surface area contributed by atoms with Crippen LogP contribution in [0.1, 0.15) is 17.2 Å². The number of aliphatic hydroxyl groups is 2. The lowest BCUT2D eigenvalue weighted by atomic mass is 10.1. The van der Waals surface area contributed by atoms with E-state index in [2.05, 4.69) is 4.98 Å². The zero-order valence-corrected chi connectivity index (χ0v) is 6.99. The van der Waals surface area contributed by atoms with Gasteiger partial charge in [-0.3, -0.25) is 4.98 Å². The number of aromatic nitrogens is 1. The Morgan fingerprint density at radius 3 is 2.57 bits per heavy atom. The van der Waals surface area contributed by atoms with E-state index in [4.69, 9.17) is 10.2 Å². The minimum absolute atomic E-state index is 0.414. The summed E-state index contributed by atoms with van der Waals surface area (Å²) < 4.78 is 37.0. The number of hydrogen-bond acceptors (Lipinski definition) is 3. The van der Waals surface area contributed by atoms with Gasteiger partial charge in [0.25, 0.3) is 0 Å². The van der Waals surface area contributed by atoms with E-state index in [1.165, 1.54) is 0 Å². The molecule has 0 saturated carbocycles. The Hall–Kier alpha value is -1.14. The van der Waals surface area contributed by atoms with Crippen molar-refractivity contribution in [3.05, 3.63) is 29.6 Å². The van der Waals surface area contributed by atoms with Crippen molar-refractivity contribution in [1.29, 1.82) is 0 Å². The van der Waals surface area contributed by atoms with Crippen LogP contribution in [-0.2, 0) is 6.18 Å². The summed E-state index contributed by atoms with van der Waals surface area (Å²) in [5, 5.41) is 17.6. The lowest BCUT2D eigenvalue weighted by Crippen LogP contribution is -2.14. The number of hydrogen-bond donors (Lipinski definition) is 2. The molecule has 0 aliphatic carbocycles. The van der Waals surface area contributed by atoms with Gasteiger partial charge in [-0.2, -0.15) is 13.2 Å². The first-order valence-electron chi connectivity index (χ1n) is 3.77. The molecule has 0 amide bonds. The summed E-state index contributed by atoms with van der Waals surface area (Å²) in [4.78, 5) is 3.46. The topological polar surface area (TPSA) is 53.4 Å². The van der Waals surface area contributed by atoms with Crippen molar-refractivity contribution in [1.82, 2.24) is 4.98 Å². The maximum Gasteiger partial charge on any atom is 0.416 e. The zero-order chi connectivity index (χ0) is 10.8. The van der Waals surface area contributed by atoms with Gasteiger partial charge in [-0.05, 0) is 6.07 Å². The van der Waals surface area contributed by atoms with Crippen molar-refractivity contribution < 1.29 is 23.4 Å². The number of halogens is 3. The minimum Gasteiger partial charge on any atom is -0.393 e. The Kier molecular flexibility index (Phi) is 3.07. The fourth-order valence-corrected chi connectivity index (χ4v) is 1.03. The van der Waals surface area contributed by atoms with Crippen LogP contribution in [0.2, 0.25) is 0 Å². The predicted molar refractivity (Wildman–Crippen MR) is 41.3 cm³/mol. The molecule has 78 valence electrons. The second-order valence-electron chi connectivity index (χ2n) is 2.66. The molecule has 1 aromatic heterocycles. The first-order valence-corrected chi connectivity index (χ1v) is 3.77. The lowest BCUT2D eigenvalue weighted by Gasteiger charge is -2.14. The van der Waals surface area contributed by atoms with Crippen LogP contribution < -0.4 is 0 Å². The Bertz CT molecular complexity index is 314. The van der Waals surface area contributed by atoms with Crippen LogP contribution in [0.3, 0.4) is 0 Å². The van der Waals surface area contributed by atoms with Gasteiger partial charge in [-0.15, -0.1) is 0 Å². The summed E-state index contributed by atoms with van der Waals surface area (Å²) in [5.41, 5.74) is -1.39.